The van der Waals surface area contributed by atoms with Crippen LogP contribution in [0.2, 0.25) is 0 Å². The molecule has 2 aromatic rings. The van der Waals surface area contributed by atoms with Crippen molar-refractivity contribution in [2.75, 3.05) is 6.54 Å². The van der Waals surface area contributed by atoms with E-state index in [-0.39, 0.29) is 0 Å². The van der Waals surface area contributed by atoms with Crippen LogP contribution >= 0.6 is 0 Å². The Morgan fingerprint density at radius 3 is 2.71 bits per heavy atom. The fraction of sp³-hybridized carbons (Fsp3) is 0.667. The topological polar surface area (TPSA) is 60.6 Å². The van der Waals surface area contributed by atoms with E-state index in [4.69, 9.17) is 0 Å². The van der Waals surface area contributed by atoms with Crippen LogP contribution in [-0.4, -0.2) is 31.1 Å². The first-order valence-corrected chi connectivity index (χ1v) is 7.89. The highest BCUT2D eigenvalue weighted by Crippen LogP contribution is 2.14. The first-order chi connectivity index (χ1) is 10.3. The molecule has 6 nitrogen and oxygen atoms in total. The molecule has 0 saturated carbocycles. The van der Waals surface area contributed by atoms with Gasteiger partial charge >= 0.3 is 0 Å². The molecular weight excluding hydrogens is 264 g/mol. The van der Waals surface area contributed by atoms with Gasteiger partial charge in [0.25, 0.3) is 0 Å². The minimum absolute atomic E-state index is 0.489. The quantitative estimate of drug-likeness (QED) is 0.720. The number of aromatic nitrogens is 5. The third kappa shape index (κ3) is 4.39. The normalized spacial score (nSPS) is 11.4. The highest BCUT2D eigenvalue weighted by atomic mass is 15.4. The third-order valence-electron chi connectivity index (χ3n) is 3.60. The van der Waals surface area contributed by atoms with Crippen molar-refractivity contribution in [3.8, 4) is 0 Å². The van der Waals surface area contributed by atoms with Gasteiger partial charge in [0.05, 0.1) is 24.8 Å². The van der Waals surface area contributed by atoms with E-state index in [0.717, 1.165) is 43.9 Å². The molecule has 0 aromatic carbocycles. The van der Waals surface area contributed by atoms with Gasteiger partial charge in [-0.25, -0.2) is 9.67 Å². The van der Waals surface area contributed by atoms with Gasteiger partial charge in [-0.05, 0) is 31.9 Å². The molecule has 0 aliphatic heterocycles. The summed E-state index contributed by atoms with van der Waals surface area (Å²) in [6.45, 7) is 8.94. The van der Waals surface area contributed by atoms with E-state index in [0.29, 0.717) is 12.6 Å². The zero-order valence-electron chi connectivity index (χ0n) is 13.3. The van der Waals surface area contributed by atoms with E-state index in [1.165, 1.54) is 0 Å². The molecule has 0 bridgehead atoms. The minimum Gasteiger partial charge on any atom is -0.310 e. The summed E-state index contributed by atoms with van der Waals surface area (Å²) in [5, 5.41) is 12.4. The van der Waals surface area contributed by atoms with Gasteiger partial charge < -0.3 is 5.32 Å². The molecule has 2 rings (SSSR count). The van der Waals surface area contributed by atoms with E-state index < -0.39 is 0 Å². The van der Waals surface area contributed by atoms with E-state index in [1.807, 2.05) is 4.68 Å². The van der Waals surface area contributed by atoms with Gasteiger partial charge in [0.15, 0.2) is 5.82 Å². The maximum Gasteiger partial charge on any atom is 0.164 e. The third-order valence-corrected chi connectivity index (χ3v) is 3.60. The second-order valence-electron chi connectivity index (χ2n) is 5.29. The van der Waals surface area contributed by atoms with Crippen molar-refractivity contribution in [3.63, 3.8) is 0 Å². The van der Waals surface area contributed by atoms with Crippen LogP contribution in [0.3, 0.4) is 0 Å². The van der Waals surface area contributed by atoms with Gasteiger partial charge in [-0.2, -0.15) is 10.2 Å². The van der Waals surface area contributed by atoms with E-state index >= 15 is 0 Å². The lowest BCUT2D eigenvalue weighted by Gasteiger charge is -2.12. The van der Waals surface area contributed by atoms with Crippen molar-refractivity contribution in [3.05, 3.63) is 30.1 Å². The molecule has 2 aromatic heterocycles. The number of rotatable bonds is 9. The summed E-state index contributed by atoms with van der Waals surface area (Å²) in [7, 11) is 0. The number of hydrogen-bond acceptors (Lipinski definition) is 4. The Hall–Kier alpha value is -1.69. The monoisotopic (exact) mass is 290 g/mol. The smallest absolute Gasteiger partial charge is 0.164 e. The average molecular weight is 290 g/mol. The van der Waals surface area contributed by atoms with Crippen LogP contribution in [-0.2, 0) is 13.1 Å². The maximum atomic E-state index is 4.64. The highest BCUT2D eigenvalue weighted by Gasteiger charge is 2.09. The second-order valence-corrected chi connectivity index (χ2v) is 5.29. The summed E-state index contributed by atoms with van der Waals surface area (Å²) in [6, 6.07) is 2.55. The van der Waals surface area contributed by atoms with Crippen molar-refractivity contribution in [2.45, 2.75) is 59.2 Å². The minimum atomic E-state index is 0.489. The summed E-state index contributed by atoms with van der Waals surface area (Å²) in [4.78, 5) is 4.31. The van der Waals surface area contributed by atoms with Crippen molar-refractivity contribution in [2.24, 2.45) is 0 Å². The Bertz CT molecular complexity index is 526. The molecule has 0 spiro atoms. The molecule has 0 radical (unpaired) electrons. The Labute approximate surface area is 126 Å². The largest absolute Gasteiger partial charge is 0.310 e. The summed E-state index contributed by atoms with van der Waals surface area (Å²) in [5.74, 6) is 0.836. The van der Waals surface area contributed by atoms with Crippen LogP contribution in [0.25, 0.3) is 0 Å². The first-order valence-electron chi connectivity index (χ1n) is 7.89. The van der Waals surface area contributed by atoms with Crippen LogP contribution in [0.15, 0.2) is 18.6 Å². The molecule has 0 atom stereocenters. The van der Waals surface area contributed by atoms with Crippen molar-refractivity contribution < 1.29 is 0 Å². The number of nitrogens with one attached hydrogen (secondary N) is 1. The Balaban J connectivity index is 1.92. The summed E-state index contributed by atoms with van der Waals surface area (Å²) in [6.07, 6.45) is 7.17. The lowest BCUT2D eigenvalue weighted by atomic mass is 10.2. The van der Waals surface area contributed by atoms with Crippen molar-refractivity contribution in [1.29, 1.82) is 0 Å². The molecule has 6 heteroatoms. The SMILES string of the molecule is CCCNCc1ncn(Cc2ccn(C(CC)CC)n2)n1. The number of nitrogens with zero attached hydrogens (tertiary/aromatic N) is 5. The Morgan fingerprint density at radius 1 is 1.19 bits per heavy atom. The van der Waals surface area contributed by atoms with Crippen LogP contribution < -0.4 is 5.32 Å². The highest BCUT2D eigenvalue weighted by molar-refractivity contribution is 5.00. The predicted octanol–water partition coefficient (Wildman–Crippen LogP) is 2.38. The van der Waals surface area contributed by atoms with Crippen LogP contribution in [0.4, 0.5) is 0 Å². The van der Waals surface area contributed by atoms with E-state index in [1.54, 1.807) is 6.33 Å². The Morgan fingerprint density at radius 2 is 2.00 bits per heavy atom. The van der Waals surface area contributed by atoms with Crippen LogP contribution in [0.5, 0.6) is 0 Å². The predicted molar refractivity (Wildman–Crippen MR) is 83.0 cm³/mol. The lowest BCUT2D eigenvalue weighted by Crippen LogP contribution is -2.15. The van der Waals surface area contributed by atoms with E-state index in [9.17, 15) is 0 Å². The molecule has 0 aliphatic rings. The lowest BCUT2D eigenvalue weighted by molar-refractivity contribution is 0.424. The van der Waals surface area contributed by atoms with Gasteiger partial charge in [0, 0.05) is 6.20 Å². The van der Waals surface area contributed by atoms with Gasteiger partial charge in [-0.1, -0.05) is 20.8 Å². The molecular formula is C15H26N6. The van der Waals surface area contributed by atoms with Crippen molar-refractivity contribution in [1.82, 2.24) is 29.9 Å². The standard InChI is InChI=1S/C15H26N6/c1-4-8-16-10-15-17-12-20(19-15)11-13-7-9-21(18-13)14(5-2)6-3/h7,9,12,14,16H,4-6,8,10-11H2,1-3H3. The second kappa shape index (κ2) is 7.93. The zero-order chi connectivity index (χ0) is 15.1. The molecule has 0 fully saturated rings. The zero-order valence-corrected chi connectivity index (χ0v) is 13.3. The Kier molecular flexibility index (Phi) is 5.92. The van der Waals surface area contributed by atoms with Gasteiger partial charge in [-0.15, -0.1) is 0 Å². The molecule has 0 amide bonds. The summed E-state index contributed by atoms with van der Waals surface area (Å²) < 4.78 is 3.92. The first kappa shape index (κ1) is 15.7. The van der Waals surface area contributed by atoms with Gasteiger partial charge in [0.1, 0.15) is 6.33 Å². The molecule has 1 N–H and O–H groups in total. The molecule has 0 saturated heterocycles. The average Bonchev–Trinajstić information content (AvgIpc) is 3.11. The molecule has 2 heterocycles. The number of hydrogen-bond donors (Lipinski definition) is 1. The fourth-order valence-corrected chi connectivity index (χ4v) is 2.36. The van der Waals surface area contributed by atoms with Crippen LogP contribution in [0, 0.1) is 0 Å². The fourth-order valence-electron chi connectivity index (χ4n) is 2.36. The van der Waals surface area contributed by atoms with Crippen molar-refractivity contribution >= 4 is 0 Å². The van der Waals surface area contributed by atoms with Gasteiger partial charge in [-0.3, -0.25) is 4.68 Å². The molecule has 116 valence electrons. The van der Waals surface area contributed by atoms with E-state index in [2.05, 4.69) is 58.2 Å². The summed E-state index contributed by atoms with van der Waals surface area (Å²) >= 11 is 0. The van der Waals surface area contributed by atoms with Gasteiger partial charge in [0.2, 0.25) is 0 Å². The van der Waals surface area contributed by atoms with Crippen LogP contribution in [0.1, 0.15) is 57.6 Å². The molecule has 0 unspecified atom stereocenters. The molecule has 21 heavy (non-hydrogen) atoms. The summed E-state index contributed by atoms with van der Waals surface area (Å²) in [5.41, 5.74) is 1.03. The molecule has 0 aliphatic carbocycles. The maximum absolute atomic E-state index is 4.64.